The quantitative estimate of drug-likeness (QED) is 0.302. The molecule has 7 heteroatoms. The van der Waals surface area contributed by atoms with Crippen LogP contribution in [0.4, 0.5) is 4.79 Å². The van der Waals surface area contributed by atoms with Gasteiger partial charge in [0.2, 0.25) is 5.91 Å². The number of amides is 2. The van der Waals surface area contributed by atoms with E-state index in [0.717, 1.165) is 16.7 Å². The number of carbonyl (C=O) groups excluding carboxylic acids is 2. The molecule has 0 aliphatic carbocycles. The summed E-state index contributed by atoms with van der Waals surface area (Å²) >= 11 is 0. The molecule has 3 rings (SSSR count). The largest absolute Gasteiger partial charge is 0.445 e. The summed E-state index contributed by atoms with van der Waals surface area (Å²) in [6, 6.07) is 26.5. The molecular formula is C30H37N3O4. The average Bonchev–Trinajstić information content (AvgIpc) is 2.91. The fourth-order valence-corrected chi connectivity index (χ4v) is 4.13. The van der Waals surface area contributed by atoms with E-state index in [2.05, 4.69) is 10.6 Å². The predicted octanol–water partition coefficient (Wildman–Crippen LogP) is 3.60. The highest BCUT2D eigenvalue weighted by molar-refractivity contribution is 5.86. The normalized spacial score (nSPS) is 14.3. The second kappa shape index (κ2) is 14.2. The Hall–Kier alpha value is -3.68. The summed E-state index contributed by atoms with van der Waals surface area (Å²) in [6.45, 7) is 3.78. The van der Waals surface area contributed by atoms with Gasteiger partial charge in [-0.2, -0.15) is 0 Å². The van der Waals surface area contributed by atoms with Crippen molar-refractivity contribution < 1.29 is 19.4 Å². The first-order chi connectivity index (χ1) is 17.8. The van der Waals surface area contributed by atoms with Gasteiger partial charge in [-0.25, -0.2) is 4.79 Å². The summed E-state index contributed by atoms with van der Waals surface area (Å²) < 4.78 is 5.31. The summed E-state index contributed by atoms with van der Waals surface area (Å²) in [4.78, 5) is 25.8. The van der Waals surface area contributed by atoms with Crippen molar-refractivity contribution in [2.24, 2.45) is 11.7 Å². The van der Waals surface area contributed by atoms with Gasteiger partial charge < -0.3 is 26.2 Å². The number of carbonyl (C=O) groups is 2. The van der Waals surface area contributed by atoms with Gasteiger partial charge in [0.15, 0.2) is 0 Å². The maximum Gasteiger partial charge on any atom is 0.408 e. The van der Waals surface area contributed by atoms with Crippen LogP contribution < -0.4 is 16.4 Å². The highest BCUT2D eigenvalue weighted by Gasteiger charge is 2.31. The van der Waals surface area contributed by atoms with Crippen molar-refractivity contribution in [3.8, 4) is 0 Å². The van der Waals surface area contributed by atoms with Gasteiger partial charge in [0.1, 0.15) is 12.6 Å². The van der Waals surface area contributed by atoms with E-state index in [-0.39, 0.29) is 12.5 Å². The molecule has 0 radical (unpaired) electrons. The van der Waals surface area contributed by atoms with Crippen LogP contribution in [0, 0.1) is 5.92 Å². The minimum absolute atomic E-state index is 0.1000. The number of alkyl carbamates (subject to hydrolysis) is 1. The van der Waals surface area contributed by atoms with Crippen molar-refractivity contribution in [1.82, 2.24) is 10.6 Å². The predicted molar refractivity (Wildman–Crippen MR) is 145 cm³/mol. The number of rotatable bonds is 12. The summed E-state index contributed by atoms with van der Waals surface area (Å²) in [6.07, 6.45) is -0.846. The molecule has 0 saturated carbocycles. The minimum atomic E-state index is -1.01. The van der Waals surface area contributed by atoms with E-state index in [9.17, 15) is 14.7 Å². The third kappa shape index (κ3) is 9.04. The van der Waals surface area contributed by atoms with Crippen molar-refractivity contribution in [1.29, 1.82) is 0 Å². The van der Waals surface area contributed by atoms with Gasteiger partial charge in [-0.3, -0.25) is 4.79 Å². The minimum Gasteiger partial charge on any atom is -0.445 e. The zero-order chi connectivity index (χ0) is 26.6. The number of aliphatic hydroxyl groups is 1. The summed E-state index contributed by atoms with van der Waals surface area (Å²) in [5.41, 5.74) is 9.20. The average molecular weight is 504 g/mol. The molecule has 3 aromatic carbocycles. The number of hydrogen-bond donors (Lipinski definition) is 4. The van der Waals surface area contributed by atoms with E-state index in [1.54, 1.807) is 0 Å². The number of ether oxygens (including phenoxy) is 1. The zero-order valence-electron chi connectivity index (χ0n) is 21.4. The second-order valence-electron chi connectivity index (χ2n) is 9.58. The first-order valence-electron chi connectivity index (χ1n) is 12.6. The molecular weight excluding hydrogens is 466 g/mol. The van der Waals surface area contributed by atoms with E-state index in [0.29, 0.717) is 12.8 Å². The molecule has 0 spiro atoms. The van der Waals surface area contributed by atoms with Crippen LogP contribution in [0.2, 0.25) is 0 Å². The summed E-state index contributed by atoms with van der Waals surface area (Å²) in [5, 5.41) is 16.8. The van der Waals surface area contributed by atoms with Crippen molar-refractivity contribution in [3.05, 3.63) is 108 Å². The summed E-state index contributed by atoms with van der Waals surface area (Å²) in [5.74, 6) is -0.615. The van der Waals surface area contributed by atoms with Crippen molar-refractivity contribution in [2.75, 3.05) is 0 Å². The number of hydrogen-bond acceptors (Lipinski definition) is 5. The molecule has 0 aliphatic rings. The Morgan fingerprint density at radius 3 is 1.78 bits per heavy atom. The lowest BCUT2D eigenvalue weighted by molar-refractivity contribution is -0.125. The zero-order valence-corrected chi connectivity index (χ0v) is 21.4. The molecule has 0 aliphatic heterocycles. The highest BCUT2D eigenvalue weighted by atomic mass is 16.5. The molecule has 0 saturated heterocycles. The molecule has 0 bridgehead atoms. The SMILES string of the molecule is CC(C)[C@H](NC(=O)OCc1ccccc1)C(=O)NC(Cc1ccccc1)C(O)C(N)Cc1ccccc1. The van der Waals surface area contributed by atoms with Gasteiger partial charge in [-0.1, -0.05) is 105 Å². The molecule has 3 unspecified atom stereocenters. The topological polar surface area (TPSA) is 114 Å². The molecule has 2 amide bonds. The molecule has 3 aromatic rings. The Morgan fingerprint density at radius 1 is 0.784 bits per heavy atom. The number of nitrogens with one attached hydrogen (secondary N) is 2. The van der Waals surface area contributed by atoms with Gasteiger partial charge in [-0.15, -0.1) is 0 Å². The van der Waals surface area contributed by atoms with Gasteiger partial charge in [-0.05, 0) is 35.4 Å². The Bertz CT molecular complexity index is 1090. The van der Waals surface area contributed by atoms with Crippen molar-refractivity contribution in [3.63, 3.8) is 0 Å². The van der Waals surface area contributed by atoms with Crippen LogP contribution in [0.25, 0.3) is 0 Å². The van der Waals surface area contributed by atoms with Crippen LogP contribution in [0.3, 0.4) is 0 Å². The standard InChI is InChI=1S/C30H37N3O4/c1-21(2)27(33-30(36)37-20-24-16-10-5-11-17-24)29(35)32-26(19-23-14-8-4-9-15-23)28(34)25(31)18-22-12-6-3-7-13-22/h3-17,21,25-28,34H,18-20,31H2,1-2H3,(H,32,35)(H,33,36)/t25?,26?,27-,28?/m0/s1. The first kappa shape index (κ1) is 27.9. The monoisotopic (exact) mass is 503 g/mol. The Balaban J connectivity index is 1.68. The van der Waals surface area contributed by atoms with Gasteiger partial charge in [0, 0.05) is 6.04 Å². The fourth-order valence-electron chi connectivity index (χ4n) is 4.13. The molecule has 5 N–H and O–H groups in total. The number of benzene rings is 3. The molecule has 4 atom stereocenters. The van der Waals surface area contributed by atoms with Crippen LogP contribution in [0.1, 0.15) is 30.5 Å². The van der Waals surface area contributed by atoms with Crippen molar-refractivity contribution in [2.45, 2.75) is 57.5 Å². The second-order valence-corrected chi connectivity index (χ2v) is 9.58. The van der Waals surface area contributed by atoms with Gasteiger partial charge in [0.25, 0.3) is 0 Å². The Kier molecular flexibility index (Phi) is 10.7. The molecule has 7 nitrogen and oxygen atoms in total. The molecule has 196 valence electrons. The van der Waals surface area contributed by atoms with E-state index in [1.807, 2.05) is 105 Å². The summed E-state index contributed by atoms with van der Waals surface area (Å²) in [7, 11) is 0. The maximum atomic E-state index is 13.3. The van der Waals surface area contributed by atoms with Crippen LogP contribution in [-0.2, 0) is 29.0 Å². The number of nitrogens with two attached hydrogens (primary N) is 1. The maximum absolute atomic E-state index is 13.3. The van der Waals surface area contributed by atoms with E-state index in [1.165, 1.54) is 0 Å². The molecule has 37 heavy (non-hydrogen) atoms. The molecule has 0 aromatic heterocycles. The van der Waals surface area contributed by atoms with Crippen LogP contribution in [0.5, 0.6) is 0 Å². The van der Waals surface area contributed by atoms with Crippen LogP contribution in [0.15, 0.2) is 91.0 Å². The van der Waals surface area contributed by atoms with Crippen molar-refractivity contribution >= 4 is 12.0 Å². The third-order valence-electron chi connectivity index (χ3n) is 6.23. The van der Waals surface area contributed by atoms with E-state index >= 15 is 0 Å². The highest BCUT2D eigenvalue weighted by Crippen LogP contribution is 2.13. The Labute approximate surface area is 219 Å². The molecule has 0 fully saturated rings. The third-order valence-corrected chi connectivity index (χ3v) is 6.23. The van der Waals surface area contributed by atoms with Gasteiger partial charge in [0.05, 0.1) is 12.1 Å². The lowest BCUT2D eigenvalue weighted by Crippen LogP contribution is -2.58. The van der Waals surface area contributed by atoms with E-state index in [4.69, 9.17) is 10.5 Å². The number of aliphatic hydroxyl groups excluding tert-OH is 1. The van der Waals surface area contributed by atoms with Gasteiger partial charge >= 0.3 is 6.09 Å². The van der Waals surface area contributed by atoms with E-state index < -0.39 is 36.2 Å². The first-order valence-corrected chi connectivity index (χ1v) is 12.6. The van der Waals surface area contributed by atoms with Crippen LogP contribution >= 0.6 is 0 Å². The Morgan fingerprint density at radius 2 is 1.27 bits per heavy atom. The lowest BCUT2D eigenvalue weighted by atomic mass is 9.92. The fraction of sp³-hybridized carbons (Fsp3) is 0.333. The van der Waals surface area contributed by atoms with Crippen LogP contribution in [-0.4, -0.2) is 41.3 Å². The lowest BCUT2D eigenvalue weighted by Gasteiger charge is -2.31. The smallest absolute Gasteiger partial charge is 0.408 e. The molecule has 0 heterocycles.